The summed E-state index contributed by atoms with van der Waals surface area (Å²) in [6.45, 7) is 4.47. The molecule has 4 aromatic rings. The Bertz CT molecular complexity index is 1920. The van der Waals surface area contributed by atoms with Crippen LogP contribution in [0.5, 0.6) is 0 Å². The molecule has 0 saturated carbocycles. The van der Waals surface area contributed by atoms with Crippen molar-refractivity contribution < 1.29 is 34.8 Å². The van der Waals surface area contributed by atoms with E-state index in [-0.39, 0.29) is 15.5 Å². The second-order valence-electron chi connectivity index (χ2n) is 9.98. The molecular weight excluding hydrogens is 639 g/mol. The highest BCUT2D eigenvalue weighted by Crippen LogP contribution is 2.38. The van der Waals surface area contributed by atoms with Crippen LogP contribution in [0.15, 0.2) is 94.7 Å². The second kappa shape index (κ2) is 12.5. The SMILES string of the molecule is Cc1ccc(S(=O)(=O)N(CC(=O)Nc2ccc(S(=O)(=O)Nc3ccc(C)cc3C)cc2)c2ccc(Cl)c(C(F)(F)F)c2)cc1. The van der Waals surface area contributed by atoms with Gasteiger partial charge in [-0.05, 0) is 87.0 Å². The lowest BCUT2D eigenvalue weighted by Crippen LogP contribution is -2.38. The molecule has 4 rings (SSSR count). The average molecular weight is 666 g/mol. The molecule has 14 heteroatoms. The highest BCUT2D eigenvalue weighted by Gasteiger charge is 2.35. The normalized spacial score (nSPS) is 12.1. The zero-order valence-corrected chi connectivity index (χ0v) is 26.0. The summed E-state index contributed by atoms with van der Waals surface area (Å²) >= 11 is 5.74. The highest BCUT2D eigenvalue weighted by atomic mass is 35.5. The molecule has 0 aliphatic carbocycles. The number of halogens is 4. The van der Waals surface area contributed by atoms with Gasteiger partial charge in [-0.3, -0.25) is 13.8 Å². The van der Waals surface area contributed by atoms with Gasteiger partial charge in [-0.2, -0.15) is 13.2 Å². The van der Waals surface area contributed by atoms with Crippen LogP contribution in [0.2, 0.25) is 5.02 Å². The third-order valence-corrected chi connectivity index (χ3v) is 10.0. The molecule has 0 atom stereocenters. The summed E-state index contributed by atoms with van der Waals surface area (Å²) in [6, 6.07) is 18.4. The van der Waals surface area contributed by atoms with Crippen molar-refractivity contribution in [2.24, 2.45) is 0 Å². The Labute approximate surface area is 258 Å². The van der Waals surface area contributed by atoms with Gasteiger partial charge in [0, 0.05) is 5.69 Å². The number of hydrogen-bond donors (Lipinski definition) is 2. The number of aryl methyl sites for hydroxylation is 3. The molecule has 0 aromatic heterocycles. The van der Waals surface area contributed by atoms with Crippen LogP contribution in [-0.2, 0) is 31.0 Å². The third-order valence-electron chi connectivity index (χ3n) is 6.51. The number of carbonyl (C=O) groups is 1. The summed E-state index contributed by atoms with van der Waals surface area (Å²) < 4.78 is 96.8. The van der Waals surface area contributed by atoms with Crippen LogP contribution >= 0.6 is 11.6 Å². The summed E-state index contributed by atoms with van der Waals surface area (Å²) in [7, 11) is -8.50. The Morgan fingerprint density at radius 2 is 1.39 bits per heavy atom. The molecule has 0 saturated heterocycles. The molecule has 0 fully saturated rings. The van der Waals surface area contributed by atoms with E-state index in [4.69, 9.17) is 11.6 Å². The van der Waals surface area contributed by atoms with Crippen LogP contribution in [-0.4, -0.2) is 29.3 Å². The van der Waals surface area contributed by atoms with Crippen LogP contribution < -0.4 is 14.3 Å². The number of nitrogens with zero attached hydrogens (tertiary/aromatic N) is 1. The van der Waals surface area contributed by atoms with Gasteiger partial charge in [-0.1, -0.05) is 47.0 Å². The van der Waals surface area contributed by atoms with Crippen molar-refractivity contribution in [1.82, 2.24) is 0 Å². The summed E-state index contributed by atoms with van der Waals surface area (Å²) in [5.74, 6) is -0.895. The first kappa shape index (κ1) is 32.8. The fourth-order valence-electron chi connectivity index (χ4n) is 4.22. The van der Waals surface area contributed by atoms with Crippen molar-refractivity contribution in [3.63, 3.8) is 0 Å². The summed E-state index contributed by atoms with van der Waals surface area (Å²) in [5, 5.41) is 1.83. The van der Waals surface area contributed by atoms with E-state index < -0.39 is 54.9 Å². The maximum atomic E-state index is 13.6. The molecule has 8 nitrogen and oxygen atoms in total. The molecule has 0 aliphatic heterocycles. The number of benzene rings is 4. The van der Waals surface area contributed by atoms with Gasteiger partial charge in [0.15, 0.2) is 0 Å². The van der Waals surface area contributed by atoms with Crippen molar-refractivity contribution in [2.45, 2.75) is 36.7 Å². The maximum absolute atomic E-state index is 13.6. The number of rotatable bonds is 9. The Balaban J connectivity index is 1.60. The fourth-order valence-corrected chi connectivity index (χ4v) is 6.99. The lowest BCUT2D eigenvalue weighted by molar-refractivity contribution is -0.137. The minimum absolute atomic E-state index is 0.0973. The Morgan fingerprint density at radius 3 is 1.98 bits per heavy atom. The van der Waals surface area contributed by atoms with Crippen molar-refractivity contribution in [3.05, 3.63) is 112 Å². The highest BCUT2D eigenvalue weighted by molar-refractivity contribution is 7.93. The van der Waals surface area contributed by atoms with Gasteiger partial charge in [0.05, 0.1) is 31.8 Å². The van der Waals surface area contributed by atoms with Gasteiger partial charge in [-0.25, -0.2) is 16.8 Å². The van der Waals surface area contributed by atoms with Gasteiger partial charge >= 0.3 is 6.18 Å². The van der Waals surface area contributed by atoms with Gasteiger partial charge < -0.3 is 5.32 Å². The van der Waals surface area contributed by atoms with E-state index in [0.717, 1.165) is 28.8 Å². The molecule has 0 bridgehead atoms. The van der Waals surface area contributed by atoms with Crippen LogP contribution in [0.25, 0.3) is 0 Å². The largest absolute Gasteiger partial charge is 0.417 e. The van der Waals surface area contributed by atoms with Crippen molar-refractivity contribution >= 4 is 54.6 Å². The van der Waals surface area contributed by atoms with E-state index >= 15 is 0 Å². The molecule has 1 amide bonds. The summed E-state index contributed by atoms with van der Waals surface area (Å²) in [6.07, 6.45) is -4.89. The molecule has 0 spiro atoms. The summed E-state index contributed by atoms with van der Waals surface area (Å²) in [5.41, 5.74) is 1.26. The average Bonchev–Trinajstić information content (AvgIpc) is 2.93. The number of hydrogen-bond acceptors (Lipinski definition) is 5. The van der Waals surface area contributed by atoms with Gasteiger partial charge in [-0.15, -0.1) is 0 Å². The molecule has 232 valence electrons. The van der Waals surface area contributed by atoms with Crippen LogP contribution in [0, 0.1) is 20.8 Å². The Kier molecular flexibility index (Phi) is 9.33. The van der Waals surface area contributed by atoms with Crippen LogP contribution in [0.4, 0.5) is 30.2 Å². The van der Waals surface area contributed by atoms with Crippen molar-refractivity contribution in [2.75, 3.05) is 20.9 Å². The van der Waals surface area contributed by atoms with E-state index in [1.165, 1.54) is 48.5 Å². The molecular formula is C30H27ClF3N3O5S2. The number of amides is 1. The lowest BCUT2D eigenvalue weighted by atomic mass is 10.1. The van der Waals surface area contributed by atoms with E-state index in [2.05, 4.69) is 10.0 Å². The lowest BCUT2D eigenvalue weighted by Gasteiger charge is -2.25. The first-order valence-corrected chi connectivity index (χ1v) is 16.2. The number of nitrogens with one attached hydrogen (secondary N) is 2. The third kappa shape index (κ3) is 7.52. The standard InChI is InChI=1S/C30H27ClF3N3O5S2/c1-19-4-10-25(11-5-19)44(41,42)37(23-9-14-27(31)26(17-23)30(32,33)34)18-29(38)35-22-7-12-24(13-8-22)43(39,40)36-28-15-6-20(2)16-21(28)3/h4-17,36H,18H2,1-3H3,(H,35,38). The van der Waals surface area contributed by atoms with Crippen LogP contribution in [0.1, 0.15) is 22.3 Å². The molecule has 44 heavy (non-hydrogen) atoms. The number of alkyl halides is 3. The first-order valence-electron chi connectivity index (χ1n) is 12.9. The van der Waals surface area contributed by atoms with Crippen LogP contribution in [0.3, 0.4) is 0 Å². The topological polar surface area (TPSA) is 113 Å². The van der Waals surface area contributed by atoms with E-state index in [1.807, 2.05) is 13.0 Å². The van der Waals surface area contributed by atoms with Crippen molar-refractivity contribution in [1.29, 1.82) is 0 Å². The molecule has 0 unspecified atom stereocenters. The second-order valence-corrected chi connectivity index (χ2v) is 13.9. The Morgan fingerprint density at radius 1 is 0.795 bits per heavy atom. The predicted octanol–water partition coefficient (Wildman–Crippen LogP) is 6.92. The minimum atomic E-state index is -4.89. The number of sulfonamides is 2. The maximum Gasteiger partial charge on any atom is 0.417 e. The Hall–Kier alpha value is -4.07. The number of carbonyl (C=O) groups excluding carboxylic acids is 1. The first-order chi connectivity index (χ1) is 20.5. The van der Waals surface area contributed by atoms with E-state index in [0.29, 0.717) is 16.1 Å². The zero-order valence-electron chi connectivity index (χ0n) is 23.6. The molecule has 2 N–H and O–H groups in total. The van der Waals surface area contributed by atoms with Crippen molar-refractivity contribution in [3.8, 4) is 0 Å². The number of anilines is 3. The van der Waals surface area contributed by atoms with Gasteiger partial charge in [0.2, 0.25) is 5.91 Å². The molecule has 0 aliphatic rings. The zero-order chi connectivity index (χ0) is 32.4. The molecule has 4 aromatic carbocycles. The quantitative estimate of drug-likeness (QED) is 0.202. The van der Waals surface area contributed by atoms with E-state index in [9.17, 15) is 34.8 Å². The minimum Gasteiger partial charge on any atom is -0.325 e. The molecule has 0 radical (unpaired) electrons. The fraction of sp³-hybridized carbons (Fsp3) is 0.167. The summed E-state index contributed by atoms with van der Waals surface area (Å²) in [4.78, 5) is 12.7. The van der Waals surface area contributed by atoms with E-state index in [1.54, 1.807) is 26.0 Å². The van der Waals surface area contributed by atoms with Gasteiger partial charge in [0.1, 0.15) is 6.54 Å². The monoisotopic (exact) mass is 665 g/mol. The smallest absolute Gasteiger partial charge is 0.325 e. The van der Waals surface area contributed by atoms with Gasteiger partial charge in [0.25, 0.3) is 20.0 Å². The predicted molar refractivity (Wildman–Crippen MR) is 164 cm³/mol. The molecule has 0 heterocycles.